The van der Waals surface area contributed by atoms with Gasteiger partial charge in [0.2, 0.25) is 17.7 Å². The molecule has 3 heterocycles. The molecule has 0 bridgehead atoms. The van der Waals surface area contributed by atoms with Crippen molar-refractivity contribution in [2.75, 3.05) is 38.3 Å². The number of methoxy groups -OCH3 is 1. The number of hydrogen-bond acceptors (Lipinski definition) is 9. The van der Waals surface area contributed by atoms with E-state index in [9.17, 15) is 4.39 Å². The predicted molar refractivity (Wildman–Crippen MR) is 125 cm³/mol. The van der Waals surface area contributed by atoms with Crippen LogP contribution in [0.5, 0.6) is 5.75 Å². The molecule has 1 aliphatic heterocycles. The lowest BCUT2D eigenvalue weighted by atomic mass is 10.2. The van der Waals surface area contributed by atoms with Gasteiger partial charge in [-0.2, -0.15) is 0 Å². The zero-order chi connectivity index (χ0) is 23.5. The first kappa shape index (κ1) is 22.4. The Labute approximate surface area is 199 Å². The minimum absolute atomic E-state index is 0.214. The van der Waals surface area contributed by atoms with Crippen LogP contribution in [0.15, 0.2) is 58.1 Å². The first-order chi connectivity index (χ1) is 16.6. The summed E-state index contributed by atoms with van der Waals surface area (Å²) in [7, 11) is 1.62. The van der Waals surface area contributed by atoms with E-state index in [4.69, 9.17) is 13.9 Å². The molecule has 2 aromatic heterocycles. The summed E-state index contributed by atoms with van der Waals surface area (Å²) in [6.07, 6.45) is 0. The smallest absolute Gasteiger partial charge is 0.247 e. The number of ether oxygens (including phenoxy) is 2. The average molecular weight is 483 g/mol. The van der Waals surface area contributed by atoms with Gasteiger partial charge in [-0.15, -0.1) is 20.4 Å². The second-order valence-electron chi connectivity index (χ2n) is 7.63. The fourth-order valence-electron chi connectivity index (χ4n) is 3.61. The third-order valence-corrected chi connectivity index (χ3v) is 6.41. The molecule has 5 rings (SSSR count). The molecule has 0 spiro atoms. The van der Waals surface area contributed by atoms with E-state index in [0.29, 0.717) is 54.9 Å². The Morgan fingerprint density at radius 2 is 1.82 bits per heavy atom. The molecular formula is C23H23FN6O3S. The summed E-state index contributed by atoms with van der Waals surface area (Å²) < 4.78 is 32.5. The number of benzene rings is 2. The first-order valence-electron chi connectivity index (χ1n) is 10.8. The molecule has 0 saturated carbocycles. The maximum atomic E-state index is 14.1. The van der Waals surface area contributed by atoms with Crippen LogP contribution in [0.3, 0.4) is 0 Å². The number of halogens is 1. The summed E-state index contributed by atoms with van der Waals surface area (Å²) in [6, 6.07) is 13.8. The van der Waals surface area contributed by atoms with E-state index < -0.39 is 0 Å². The molecule has 176 valence electrons. The van der Waals surface area contributed by atoms with Crippen LogP contribution in [0.1, 0.15) is 18.1 Å². The van der Waals surface area contributed by atoms with Crippen LogP contribution in [0.2, 0.25) is 0 Å². The Morgan fingerprint density at radius 3 is 2.56 bits per heavy atom. The third-order valence-electron chi connectivity index (χ3n) is 5.38. The fourth-order valence-corrected chi connectivity index (χ4v) is 4.50. The molecular weight excluding hydrogens is 459 g/mol. The maximum Gasteiger partial charge on any atom is 0.247 e. The van der Waals surface area contributed by atoms with Gasteiger partial charge in [0, 0.05) is 18.7 Å². The molecule has 1 saturated heterocycles. The second-order valence-corrected chi connectivity index (χ2v) is 8.94. The minimum Gasteiger partial charge on any atom is -0.497 e. The highest BCUT2D eigenvalue weighted by molar-refractivity contribution is 7.99. The van der Waals surface area contributed by atoms with E-state index in [1.165, 1.54) is 23.9 Å². The van der Waals surface area contributed by atoms with Crippen molar-refractivity contribution >= 4 is 17.7 Å². The molecule has 1 aliphatic rings. The van der Waals surface area contributed by atoms with Crippen molar-refractivity contribution in [3.05, 3.63) is 60.2 Å². The number of hydrogen-bond donors (Lipinski definition) is 0. The molecule has 1 atom stereocenters. The van der Waals surface area contributed by atoms with Crippen molar-refractivity contribution in [2.24, 2.45) is 0 Å². The van der Waals surface area contributed by atoms with Gasteiger partial charge < -0.3 is 18.8 Å². The molecule has 2 aromatic carbocycles. The van der Waals surface area contributed by atoms with E-state index in [1.54, 1.807) is 13.2 Å². The molecule has 0 aliphatic carbocycles. The molecule has 4 aromatic rings. The van der Waals surface area contributed by atoms with Crippen molar-refractivity contribution in [3.63, 3.8) is 0 Å². The summed E-state index contributed by atoms with van der Waals surface area (Å²) >= 11 is 1.42. The number of thioether (sulfide) groups is 1. The molecule has 11 heteroatoms. The summed E-state index contributed by atoms with van der Waals surface area (Å²) in [6.45, 7) is 4.52. The number of anilines is 1. The zero-order valence-corrected chi connectivity index (χ0v) is 19.5. The van der Waals surface area contributed by atoms with E-state index in [2.05, 4.69) is 25.3 Å². The van der Waals surface area contributed by atoms with E-state index in [0.717, 1.165) is 11.3 Å². The van der Waals surface area contributed by atoms with E-state index in [-0.39, 0.29) is 11.1 Å². The van der Waals surface area contributed by atoms with E-state index in [1.807, 2.05) is 41.8 Å². The van der Waals surface area contributed by atoms with E-state index >= 15 is 0 Å². The van der Waals surface area contributed by atoms with Crippen LogP contribution in [0.4, 0.5) is 10.3 Å². The topological polar surface area (TPSA) is 91.3 Å². The lowest BCUT2D eigenvalue weighted by Crippen LogP contribution is -2.37. The standard InChI is InChI=1S/C23H23FN6O3S/c1-15(20-25-26-21(33-20)16-6-8-19(31-2)9-7-16)34-23-28-27-22(29-10-12-32-13-11-29)30(23)18-5-3-4-17(24)14-18/h3-9,14-15H,10-13H2,1-2H3. The molecule has 34 heavy (non-hydrogen) atoms. The highest BCUT2D eigenvalue weighted by atomic mass is 32.2. The van der Waals surface area contributed by atoms with Gasteiger partial charge in [0.1, 0.15) is 11.6 Å². The monoisotopic (exact) mass is 482 g/mol. The van der Waals surface area contributed by atoms with Gasteiger partial charge in [-0.3, -0.25) is 4.57 Å². The minimum atomic E-state index is -0.329. The molecule has 9 nitrogen and oxygen atoms in total. The first-order valence-corrected chi connectivity index (χ1v) is 11.7. The third kappa shape index (κ3) is 4.62. The Bertz CT molecular complexity index is 1260. The summed E-state index contributed by atoms with van der Waals surface area (Å²) in [5.41, 5.74) is 1.44. The van der Waals surface area contributed by atoms with Crippen molar-refractivity contribution in [1.82, 2.24) is 25.0 Å². The molecule has 1 unspecified atom stereocenters. The van der Waals surface area contributed by atoms with Gasteiger partial charge in [-0.05, 0) is 49.4 Å². The normalized spacial score (nSPS) is 14.9. The summed E-state index contributed by atoms with van der Waals surface area (Å²) in [4.78, 5) is 2.09. The molecule has 0 amide bonds. The fraction of sp³-hybridized carbons (Fsp3) is 0.304. The second kappa shape index (κ2) is 9.82. The van der Waals surface area contributed by atoms with Gasteiger partial charge in [0.15, 0.2) is 5.16 Å². The van der Waals surface area contributed by atoms with Crippen molar-refractivity contribution in [3.8, 4) is 22.9 Å². The van der Waals surface area contributed by atoms with Crippen LogP contribution < -0.4 is 9.64 Å². The summed E-state index contributed by atoms with van der Waals surface area (Å²) in [5, 5.41) is 17.6. The molecule has 1 fully saturated rings. The lowest BCUT2D eigenvalue weighted by Gasteiger charge is -2.28. The predicted octanol–water partition coefficient (Wildman–Crippen LogP) is 4.15. The van der Waals surface area contributed by atoms with Gasteiger partial charge in [-0.25, -0.2) is 4.39 Å². The number of aromatic nitrogens is 5. The maximum absolute atomic E-state index is 14.1. The Kier molecular flexibility index (Phi) is 6.45. The zero-order valence-electron chi connectivity index (χ0n) is 18.7. The number of morpholine rings is 1. The lowest BCUT2D eigenvalue weighted by molar-refractivity contribution is 0.122. The quantitative estimate of drug-likeness (QED) is 0.360. The van der Waals surface area contributed by atoms with Crippen LogP contribution in [0.25, 0.3) is 17.1 Å². The number of nitrogens with zero attached hydrogens (tertiary/aromatic N) is 6. The van der Waals surface area contributed by atoms with Gasteiger partial charge >= 0.3 is 0 Å². The van der Waals surface area contributed by atoms with Crippen LogP contribution in [-0.2, 0) is 4.74 Å². The molecule has 0 radical (unpaired) electrons. The largest absolute Gasteiger partial charge is 0.497 e. The van der Waals surface area contributed by atoms with Crippen LogP contribution >= 0.6 is 11.8 Å². The van der Waals surface area contributed by atoms with Gasteiger partial charge in [0.25, 0.3) is 0 Å². The van der Waals surface area contributed by atoms with Crippen molar-refractivity contribution in [2.45, 2.75) is 17.3 Å². The van der Waals surface area contributed by atoms with Gasteiger partial charge in [-0.1, -0.05) is 17.8 Å². The van der Waals surface area contributed by atoms with Crippen molar-refractivity contribution in [1.29, 1.82) is 0 Å². The van der Waals surface area contributed by atoms with Crippen LogP contribution in [-0.4, -0.2) is 58.4 Å². The SMILES string of the molecule is COc1ccc(-c2nnc(C(C)Sc3nnc(N4CCOCC4)n3-c3cccc(F)c3)o2)cc1. The van der Waals surface area contributed by atoms with Crippen molar-refractivity contribution < 1.29 is 18.3 Å². The highest BCUT2D eigenvalue weighted by Gasteiger charge is 2.25. The number of rotatable bonds is 7. The highest BCUT2D eigenvalue weighted by Crippen LogP contribution is 2.37. The Hall–Kier alpha value is -3.44. The molecule has 0 N–H and O–H groups in total. The Balaban J connectivity index is 1.42. The Morgan fingerprint density at radius 1 is 1.03 bits per heavy atom. The summed E-state index contributed by atoms with van der Waals surface area (Å²) in [5.74, 6) is 1.95. The average Bonchev–Trinajstić information content (AvgIpc) is 3.53. The van der Waals surface area contributed by atoms with Gasteiger partial charge in [0.05, 0.1) is 31.3 Å². The van der Waals surface area contributed by atoms with Crippen LogP contribution in [0, 0.1) is 5.82 Å².